The predicted molar refractivity (Wildman–Crippen MR) is 189 cm³/mol. The first kappa shape index (κ1) is 30.8. The van der Waals surface area contributed by atoms with E-state index in [1.54, 1.807) is 4.57 Å². The van der Waals surface area contributed by atoms with Gasteiger partial charge >= 0.3 is 0 Å². The van der Waals surface area contributed by atoms with Gasteiger partial charge in [0.1, 0.15) is 5.75 Å². The Kier molecular flexibility index (Phi) is 8.65. The molecule has 1 aliphatic heterocycles. The summed E-state index contributed by atoms with van der Waals surface area (Å²) in [6, 6.07) is 24.7. The number of carbonyl (C=O) groups excluding carboxylic acids is 1. The molecular weight excluding hydrogens is 695 g/mol. The quantitative estimate of drug-likeness (QED) is 0.192. The van der Waals surface area contributed by atoms with Crippen LogP contribution in [0.1, 0.15) is 48.0 Å². The first-order valence-electron chi connectivity index (χ1n) is 14.7. The summed E-state index contributed by atoms with van der Waals surface area (Å²) in [6.07, 6.45) is 1.94. The minimum atomic E-state index is -0.662. The average Bonchev–Trinajstić information content (AvgIpc) is 3.48. The van der Waals surface area contributed by atoms with Gasteiger partial charge in [0.15, 0.2) is 4.80 Å². The lowest BCUT2D eigenvalue weighted by atomic mass is 9.95. The third-order valence-electron chi connectivity index (χ3n) is 7.98. The van der Waals surface area contributed by atoms with Crippen molar-refractivity contribution in [2.24, 2.45) is 4.99 Å². The van der Waals surface area contributed by atoms with Crippen LogP contribution in [0.4, 0.5) is 5.69 Å². The predicted octanol–water partition coefficient (Wildman–Crippen LogP) is 6.59. The van der Waals surface area contributed by atoms with Crippen LogP contribution in [0, 0.1) is 24.3 Å². The lowest BCUT2D eigenvalue weighted by Crippen LogP contribution is -2.40. The normalized spacial score (nSPS) is 14.7. The van der Waals surface area contributed by atoms with E-state index < -0.39 is 6.04 Å². The van der Waals surface area contributed by atoms with Crippen molar-refractivity contribution in [3.63, 3.8) is 0 Å². The van der Waals surface area contributed by atoms with Crippen molar-refractivity contribution in [3.8, 4) is 11.4 Å². The van der Waals surface area contributed by atoms with Gasteiger partial charge in [0.25, 0.3) is 11.5 Å². The van der Waals surface area contributed by atoms with Crippen LogP contribution in [0.25, 0.3) is 11.8 Å². The molecule has 1 N–H and O–H groups in total. The highest BCUT2D eigenvalue weighted by Gasteiger charge is 2.32. The Morgan fingerprint density at radius 3 is 2.44 bits per heavy atom. The van der Waals surface area contributed by atoms with Gasteiger partial charge in [-0.1, -0.05) is 47.7 Å². The molecule has 1 aliphatic rings. The number of anilines is 1. The molecule has 0 spiro atoms. The Balaban J connectivity index is 1.48. The molecule has 2 aromatic heterocycles. The monoisotopic (exact) mass is 728 g/mol. The molecule has 7 nitrogen and oxygen atoms in total. The number of allylic oxidation sites excluding steroid dienone is 1. The second-order valence-corrected chi connectivity index (χ2v) is 13.2. The molecule has 0 aliphatic carbocycles. The molecule has 0 bridgehead atoms. The summed E-state index contributed by atoms with van der Waals surface area (Å²) in [4.78, 5) is 33.4. The van der Waals surface area contributed by atoms with Gasteiger partial charge in [0.05, 0.1) is 28.5 Å². The first-order chi connectivity index (χ1) is 21.7. The summed E-state index contributed by atoms with van der Waals surface area (Å²) in [5.74, 6) is 0.426. The van der Waals surface area contributed by atoms with E-state index in [1.807, 2.05) is 74.5 Å². The highest BCUT2D eigenvalue weighted by atomic mass is 127. The minimum absolute atomic E-state index is 0.190. The van der Waals surface area contributed by atoms with Crippen molar-refractivity contribution < 1.29 is 9.53 Å². The van der Waals surface area contributed by atoms with Gasteiger partial charge in [-0.2, -0.15) is 0 Å². The van der Waals surface area contributed by atoms with E-state index in [0.29, 0.717) is 32.9 Å². The number of benzene rings is 3. The van der Waals surface area contributed by atoms with Crippen molar-refractivity contribution in [2.75, 3.05) is 11.9 Å². The van der Waals surface area contributed by atoms with Crippen molar-refractivity contribution in [3.05, 3.63) is 141 Å². The van der Waals surface area contributed by atoms with E-state index in [1.165, 1.54) is 20.5 Å². The second-order valence-electron chi connectivity index (χ2n) is 11.0. The van der Waals surface area contributed by atoms with Crippen LogP contribution in [0.5, 0.6) is 5.75 Å². The van der Waals surface area contributed by atoms with Gasteiger partial charge in [-0.3, -0.25) is 14.2 Å². The lowest BCUT2D eigenvalue weighted by Gasteiger charge is -2.25. The maximum absolute atomic E-state index is 14.3. The zero-order chi connectivity index (χ0) is 31.8. The topological polar surface area (TPSA) is 77.6 Å². The number of aryl methyl sites for hydroxylation is 2. The van der Waals surface area contributed by atoms with Crippen LogP contribution >= 0.6 is 33.9 Å². The summed E-state index contributed by atoms with van der Waals surface area (Å²) >= 11 is 3.70. The number of thiazole rings is 1. The standard InChI is InChI=1S/C36H33IN4O3S/c1-6-44-29-16-13-25(14-17-29)33-32(34(42)39-27-10-8-7-9-11-27)23(4)38-36-41(33)35(43)31(45-36)19-26-18-22(3)40(24(26)5)28-15-12-21(2)30(37)20-28/h7-20,33H,6H2,1-5H3,(H,39,42)/b31-19-/t33-/m0/s1. The fourth-order valence-corrected chi connectivity index (χ4v) is 7.29. The lowest BCUT2D eigenvalue weighted by molar-refractivity contribution is -0.113. The molecule has 9 heteroatoms. The summed E-state index contributed by atoms with van der Waals surface area (Å²) in [5, 5.41) is 3.01. The van der Waals surface area contributed by atoms with Crippen molar-refractivity contribution in [1.82, 2.24) is 9.13 Å². The number of para-hydroxylation sites is 1. The van der Waals surface area contributed by atoms with E-state index in [-0.39, 0.29) is 11.5 Å². The average molecular weight is 729 g/mol. The zero-order valence-corrected chi connectivity index (χ0v) is 28.7. The van der Waals surface area contributed by atoms with Gasteiger partial charge < -0.3 is 14.6 Å². The summed E-state index contributed by atoms with van der Waals surface area (Å²) in [5.41, 5.74) is 7.67. The zero-order valence-electron chi connectivity index (χ0n) is 25.7. The van der Waals surface area contributed by atoms with Gasteiger partial charge in [-0.25, -0.2) is 4.99 Å². The number of carbonyl (C=O) groups is 1. The molecule has 0 saturated heterocycles. The van der Waals surface area contributed by atoms with Crippen LogP contribution in [0.3, 0.4) is 0 Å². The molecule has 5 aromatic rings. The van der Waals surface area contributed by atoms with Crippen molar-refractivity contribution in [1.29, 1.82) is 0 Å². The number of nitrogens with one attached hydrogen (secondary N) is 1. The van der Waals surface area contributed by atoms with Crippen LogP contribution in [0.2, 0.25) is 0 Å². The van der Waals surface area contributed by atoms with Crippen LogP contribution < -0.4 is 24.9 Å². The second kappa shape index (κ2) is 12.6. The number of rotatable bonds is 7. The van der Waals surface area contributed by atoms with E-state index in [0.717, 1.165) is 34.0 Å². The van der Waals surface area contributed by atoms with Gasteiger partial charge in [0.2, 0.25) is 0 Å². The van der Waals surface area contributed by atoms with E-state index in [2.05, 4.69) is 77.5 Å². The fourth-order valence-electron chi connectivity index (χ4n) is 5.75. The number of halogens is 1. The molecule has 0 radical (unpaired) electrons. The van der Waals surface area contributed by atoms with Crippen LogP contribution in [0.15, 0.2) is 99.9 Å². The Bertz CT molecular complexity index is 2140. The number of hydrogen-bond donors (Lipinski definition) is 1. The highest BCUT2D eigenvalue weighted by molar-refractivity contribution is 14.1. The molecule has 6 rings (SSSR count). The third-order valence-corrected chi connectivity index (χ3v) is 10.1. The minimum Gasteiger partial charge on any atom is -0.494 e. The number of amides is 1. The molecule has 1 atom stereocenters. The van der Waals surface area contributed by atoms with Gasteiger partial charge in [0, 0.05) is 26.3 Å². The summed E-state index contributed by atoms with van der Waals surface area (Å²) in [6.45, 7) is 10.6. The maximum Gasteiger partial charge on any atom is 0.271 e. The summed E-state index contributed by atoms with van der Waals surface area (Å²) < 4.78 is 11.3. The molecule has 228 valence electrons. The summed E-state index contributed by atoms with van der Waals surface area (Å²) in [7, 11) is 0. The van der Waals surface area contributed by atoms with Crippen LogP contribution in [-0.4, -0.2) is 21.6 Å². The van der Waals surface area contributed by atoms with E-state index >= 15 is 0 Å². The molecule has 0 unspecified atom stereocenters. The molecular formula is C36H33IN4O3S. The first-order valence-corrected chi connectivity index (χ1v) is 16.6. The molecule has 3 aromatic carbocycles. The number of hydrogen-bond acceptors (Lipinski definition) is 5. The third kappa shape index (κ3) is 5.94. The number of fused-ring (bicyclic) bond motifs is 1. The molecule has 3 heterocycles. The Morgan fingerprint density at radius 1 is 1.02 bits per heavy atom. The Labute approximate surface area is 279 Å². The molecule has 0 fully saturated rings. The van der Waals surface area contributed by atoms with Crippen molar-refractivity contribution >= 4 is 51.6 Å². The number of nitrogens with zero attached hydrogens (tertiary/aromatic N) is 3. The Hall–Kier alpha value is -4.22. The largest absolute Gasteiger partial charge is 0.494 e. The van der Waals surface area contributed by atoms with Crippen molar-refractivity contribution in [2.45, 2.75) is 40.7 Å². The Morgan fingerprint density at radius 2 is 1.76 bits per heavy atom. The smallest absolute Gasteiger partial charge is 0.271 e. The molecule has 45 heavy (non-hydrogen) atoms. The maximum atomic E-state index is 14.3. The number of ether oxygens (including phenoxy) is 1. The molecule has 0 saturated carbocycles. The van der Waals surface area contributed by atoms with Crippen LogP contribution in [-0.2, 0) is 4.79 Å². The van der Waals surface area contributed by atoms with E-state index in [9.17, 15) is 9.59 Å². The van der Waals surface area contributed by atoms with Gasteiger partial charge in [-0.15, -0.1) is 0 Å². The highest BCUT2D eigenvalue weighted by Crippen LogP contribution is 2.32. The SMILES string of the molecule is CCOc1ccc([C@H]2C(C(=O)Nc3ccccc3)=C(C)N=c3s/c(=C\c4cc(C)n(-c5ccc(C)c(I)c5)c4C)c(=O)n32)cc1. The number of aromatic nitrogens is 2. The van der Waals surface area contributed by atoms with E-state index in [4.69, 9.17) is 9.73 Å². The fraction of sp³-hybridized carbons (Fsp3) is 0.194. The molecule has 1 amide bonds. The van der Waals surface area contributed by atoms with Gasteiger partial charge in [-0.05, 0) is 122 Å².